The summed E-state index contributed by atoms with van der Waals surface area (Å²) >= 11 is 0. The highest BCUT2D eigenvalue weighted by Gasteiger charge is 2.37. The average molecular weight is 718 g/mol. The number of carbonyl (C=O) groups excluding carboxylic acids is 6. The minimum absolute atomic E-state index is 0.0246. The summed E-state index contributed by atoms with van der Waals surface area (Å²) in [5.74, 6) is -1.84. The molecule has 0 fully saturated rings. The smallest absolute Gasteiger partial charge is 0.407 e. The van der Waals surface area contributed by atoms with Crippen LogP contribution in [0, 0.1) is 0 Å². The van der Waals surface area contributed by atoms with Gasteiger partial charge in [-0.25, -0.2) is 9.59 Å². The number of hydrogen-bond acceptors (Lipinski definition) is 9. The van der Waals surface area contributed by atoms with E-state index >= 15 is 0 Å². The van der Waals surface area contributed by atoms with E-state index in [-0.39, 0.29) is 13.2 Å². The van der Waals surface area contributed by atoms with Crippen LogP contribution in [-0.2, 0) is 22.3 Å². The van der Waals surface area contributed by atoms with Crippen molar-refractivity contribution in [2.75, 3.05) is 13.2 Å². The van der Waals surface area contributed by atoms with Gasteiger partial charge in [-0.05, 0) is 102 Å². The van der Waals surface area contributed by atoms with Crippen LogP contribution in [0.5, 0.6) is 0 Å². The normalized spacial score (nSPS) is 13.6. The van der Waals surface area contributed by atoms with Gasteiger partial charge in [0.15, 0.2) is 0 Å². The van der Waals surface area contributed by atoms with Crippen molar-refractivity contribution in [3.8, 4) is 0 Å². The second-order valence-corrected chi connectivity index (χ2v) is 14.2. The van der Waals surface area contributed by atoms with Gasteiger partial charge in [0.05, 0.1) is 36.4 Å². The molecular formula is C38H47N5O9. The van der Waals surface area contributed by atoms with Gasteiger partial charge in [0.1, 0.15) is 11.2 Å². The molecule has 278 valence electrons. The van der Waals surface area contributed by atoms with Crippen LogP contribution < -0.4 is 22.1 Å². The Bertz CT molecular complexity index is 1730. The summed E-state index contributed by atoms with van der Waals surface area (Å²) in [5, 5.41) is 14.7. The van der Waals surface area contributed by atoms with E-state index in [1.54, 1.807) is 114 Å². The number of rotatable bonds is 11. The third-order valence-corrected chi connectivity index (χ3v) is 7.38. The van der Waals surface area contributed by atoms with Gasteiger partial charge in [0, 0.05) is 11.1 Å². The van der Waals surface area contributed by atoms with Gasteiger partial charge in [0.2, 0.25) is 11.8 Å². The van der Waals surface area contributed by atoms with Gasteiger partial charge >= 0.3 is 12.2 Å². The SMILES string of the molecule is CC(C)(C)OC(=O)N[C@@H](Cc1ccc(C(N)=O)cc1)CN1C(=O)c2ccccc2C1=O.CC(C)(C)OC(=O)N[C@H](CO)Cc1ccc(C(N)=O)cc1. The number of imide groups is 1. The number of nitrogens with two attached hydrogens (primary N) is 2. The van der Waals surface area contributed by atoms with Crippen LogP contribution in [-0.4, -0.2) is 82.3 Å². The summed E-state index contributed by atoms with van der Waals surface area (Å²) in [5.41, 5.74) is 12.3. The predicted molar refractivity (Wildman–Crippen MR) is 193 cm³/mol. The summed E-state index contributed by atoms with van der Waals surface area (Å²) in [6.07, 6.45) is -0.487. The Morgan fingerprint density at radius 2 is 1.02 bits per heavy atom. The Morgan fingerprint density at radius 1 is 0.654 bits per heavy atom. The first-order valence-electron chi connectivity index (χ1n) is 16.6. The van der Waals surface area contributed by atoms with E-state index in [4.69, 9.17) is 20.9 Å². The lowest BCUT2D eigenvalue weighted by molar-refractivity contribution is 0.0466. The molecule has 0 aromatic heterocycles. The Kier molecular flexibility index (Phi) is 13.6. The first kappa shape index (κ1) is 40.7. The summed E-state index contributed by atoms with van der Waals surface area (Å²) in [6.45, 7) is 10.3. The number of carbonyl (C=O) groups is 6. The standard InChI is InChI=1S/C23H25N3O5.C15H22N2O4/c1-23(2,3)31-22(30)25-16(12-14-8-10-15(11-9-14)19(24)27)13-26-20(28)17-6-4-5-7-18(17)21(26)29;1-15(2,3)21-14(20)17-12(9-18)8-10-4-6-11(7-5-10)13(16)19/h4-11,16H,12-13H2,1-3H3,(H2,24,27)(H,25,30);4-7,12,18H,8-9H2,1-3H3,(H2,16,19)(H,17,20)/t16-;12-/m00/s1. The van der Waals surface area contributed by atoms with Crippen LogP contribution in [0.15, 0.2) is 72.8 Å². The quantitative estimate of drug-likeness (QED) is 0.182. The molecule has 6 amide bonds. The molecule has 1 heterocycles. The topological polar surface area (TPSA) is 220 Å². The molecule has 0 radical (unpaired) electrons. The molecule has 3 aromatic carbocycles. The van der Waals surface area contributed by atoms with E-state index < -0.39 is 59.1 Å². The van der Waals surface area contributed by atoms with Gasteiger partial charge in [0.25, 0.3) is 11.8 Å². The van der Waals surface area contributed by atoms with Crippen LogP contribution in [0.3, 0.4) is 0 Å². The van der Waals surface area contributed by atoms with Crippen molar-refractivity contribution < 1.29 is 43.3 Å². The number of fused-ring (bicyclic) bond motifs is 1. The third kappa shape index (κ3) is 12.5. The molecule has 0 aliphatic carbocycles. The highest BCUT2D eigenvalue weighted by molar-refractivity contribution is 6.21. The second kappa shape index (κ2) is 17.4. The van der Waals surface area contributed by atoms with Crippen LogP contribution >= 0.6 is 0 Å². The number of hydrogen-bond donors (Lipinski definition) is 5. The lowest BCUT2D eigenvalue weighted by Crippen LogP contribution is -2.48. The molecule has 14 heteroatoms. The van der Waals surface area contributed by atoms with Crippen molar-refractivity contribution in [3.63, 3.8) is 0 Å². The molecule has 4 rings (SSSR count). The molecule has 0 spiro atoms. The van der Waals surface area contributed by atoms with E-state index in [2.05, 4.69) is 10.6 Å². The largest absolute Gasteiger partial charge is 0.444 e. The number of aliphatic hydroxyl groups is 1. The van der Waals surface area contributed by atoms with Gasteiger partial charge in [-0.3, -0.25) is 24.1 Å². The number of alkyl carbamates (subject to hydrolysis) is 2. The Labute approximate surface area is 302 Å². The van der Waals surface area contributed by atoms with E-state index in [1.807, 2.05) is 0 Å². The van der Waals surface area contributed by atoms with E-state index in [0.29, 0.717) is 35.1 Å². The number of amides is 6. The zero-order valence-corrected chi connectivity index (χ0v) is 30.2. The molecule has 52 heavy (non-hydrogen) atoms. The number of nitrogens with zero attached hydrogens (tertiary/aromatic N) is 1. The second-order valence-electron chi connectivity index (χ2n) is 14.2. The van der Waals surface area contributed by atoms with Gasteiger partial charge in [-0.2, -0.15) is 0 Å². The average Bonchev–Trinajstić information content (AvgIpc) is 3.28. The fraction of sp³-hybridized carbons (Fsp3) is 0.368. The highest BCUT2D eigenvalue weighted by Crippen LogP contribution is 2.23. The van der Waals surface area contributed by atoms with Crippen molar-refractivity contribution in [2.45, 2.75) is 77.7 Å². The molecule has 0 unspecified atom stereocenters. The molecule has 1 aliphatic heterocycles. The molecule has 0 saturated carbocycles. The number of benzene rings is 3. The number of aliphatic hydroxyl groups excluding tert-OH is 1. The Morgan fingerprint density at radius 3 is 1.37 bits per heavy atom. The maximum atomic E-state index is 12.7. The van der Waals surface area contributed by atoms with Gasteiger partial charge < -0.3 is 36.7 Å². The molecule has 0 saturated heterocycles. The number of nitrogens with one attached hydrogen (secondary N) is 2. The van der Waals surface area contributed by atoms with Crippen molar-refractivity contribution in [1.29, 1.82) is 0 Å². The summed E-state index contributed by atoms with van der Waals surface area (Å²) in [7, 11) is 0. The molecule has 0 bridgehead atoms. The summed E-state index contributed by atoms with van der Waals surface area (Å²) < 4.78 is 10.5. The first-order valence-corrected chi connectivity index (χ1v) is 16.6. The molecule has 3 aromatic rings. The zero-order valence-electron chi connectivity index (χ0n) is 30.2. The number of ether oxygens (including phenoxy) is 2. The maximum Gasteiger partial charge on any atom is 0.407 e. The van der Waals surface area contributed by atoms with Gasteiger partial charge in [-0.1, -0.05) is 36.4 Å². The summed E-state index contributed by atoms with van der Waals surface area (Å²) in [4.78, 5) is 72.9. The van der Waals surface area contributed by atoms with Gasteiger partial charge in [-0.15, -0.1) is 0 Å². The van der Waals surface area contributed by atoms with E-state index in [0.717, 1.165) is 16.0 Å². The monoisotopic (exact) mass is 717 g/mol. The van der Waals surface area contributed by atoms with Crippen LogP contribution in [0.25, 0.3) is 0 Å². The third-order valence-electron chi connectivity index (χ3n) is 7.38. The van der Waals surface area contributed by atoms with Crippen LogP contribution in [0.4, 0.5) is 9.59 Å². The highest BCUT2D eigenvalue weighted by atomic mass is 16.6. The minimum atomic E-state index is -0.701. The minimum Gasteiger partial charge on any atom is -0.444 e. The Balaban J connectivity index is 0.000000304. The molecular weight excluding hydrogens is 670 g/mol. The first-order chi connectivity index (χ1) is 24.3. The zero-order chi connectivity index (χ0) is 38.8. The van der Waals surface area contributed by atoms with Crippen molar-refractivity contribution in [1.82, 2.24) is 15.5 Å². The summed E-state index contributed by atoms with van der Waals surface area (Å²) in [6, 6.07) is 18.8. The van der Waals surface area contributed by atoms with E-state index in [1.165, 1.54) is 0 Å². The predicted octanol–water partition coefficient (Wildman–Crippen LogP) is 3.73. The molecule has 2 atom stereocenters. The van der Waals surface area contributed by atoms with Crippen LogP contribution in [0.1, 0.15) is 94.1 Å². The van der Waals surface area contributed by atoms with Crippen molar-refractivity contribution in [2.24, 2.45) is 11.5 Å². The fourth-order valence-electron chi connectivity index (χ4n) is 5.08. The van der Waals surface area contributed by atoms with Crippen molar-refractivity contribution >= 4 is 35.8 Å². The molecule has 7 N–H and O–H groups in total. The van der Waals surface area contributed by atoms with Crippen LogP contribution in [0.2, 0.25) is 0 Å². The lowest BCUT2D eigenvalue weighted by atomic mass is 10.0. The molecule has 14 nitrogen and oxygen atoms in total. The lowest BCUT2D eigenvalue weighted by Gasteiger charge is -2.26. The molecule has 1 aliphatic rings. The maximum absolute atomic E-state index is 12.7. The van der Waals surface area contributed by atoms with E-state index in [9.17, 15) is 33.9 Å². The van der Waals surface area contributed by atoms with Crippen molar-refractivity contribution in [3.05, 3.63) is 106 Å². The number of primary amides is 2. The fourth-order valence-corrected chi connectivity index (χ4v) is 5.08. The Hall–Kier alpha value is -5.76.